The summed E-state index contributed by atoms with van der Waals surface area (Å²) < 4.78 is 35.0. The quantitative estimate of drug-likeness (QED) is 0.584. The normalized spacial score (nSPS) is 20.8. The van der Waals surface area contributed by atoms with Crippen molar-refractivity contribution in [2.24, 2.45) is 11.8 Å². The van der Waals surface area contributed by atoms with Crippen LogP contribution in [0, 0.1) is 23.7 Å². The summed E-state index contributed by atoms with van der Waals surface area (Å²) in [4.78, 5) is 10.4. The Kier molecular flexibility index (Phi) is 9.25. The highest BCUT2D eigenvalue weighted by Gasteiger charge is 2.38. The fraction of sp³-hybridized carbons (Fsp3) is 0.538. The Balaban J connectivity index is 1.97. The fourth-order valence-electron chi connectivity index (χ4n) is 3.97. The van der Waals surface area contributed by atoms with E-state index in [0.29, 0.717) is 30.3 Å². The maximum absolute atomic E-state index is 13.6. The van der Waals surface area contributed by atoms with Crippen LogP contribution in [-0.2, 0) is 16.6 Å². The van der Waals surface area contributed by atoms with Crippen molar-refractivity contribution in [3.05, 3.63) is 48.0 Å². The lowest BCUT2D eigenvalue weighted by Gasteiger charge is -2.37. The van der Waals surface area contributed by atoms with Gasteiger partial charge in [-0.05, 0) is 38.1 Å². The van der Waals surface area contributed by atoms with Gasteiger partial charge in [0, 0.05) is 61.5 Å². The van der Waals surface area contributed by atoms with E-state index < -0.39 is 16.1 Å². The number of fused-ring (bicyclic) bond motifs is 1. The Hall–Kier alpha value is -2.51. The number of hydrogen-bond donors (Lipinski definition) is 1. The molecule has 190 valence electrons. The van der Waals surface area contributed by atoms with E-state index in [0.717, 1.165) is 12.0 Å². The van der Waals surface area contributed by atoms with Gasteiger partial charge in [0.1, 0.15) is 23.1 Å². The second-order valence-electron chi connectivity index (χ2n) is 9.74. The summed E-state index contributed by atoms with van der Waals surface area (Å²) in [6.07, 6.45) is 5.53. The van der Waals surface area contributed by atoms with Crippen molar-refractivity contribution in [2.45, 2.75) is 57.7 Å². The Morgan fingerprint density at radius 1 is 1.26 bits per heavy atom. The molecule has 3 rings (SSSR count). The van der Waals surface area contributed by atoms with E-state index >= 15 is 0 Å². The van der Waals surface area contributed by atoms with Gasteiger partial charge >= 0.3 is 0 Å². The number of ether oxygens (including phenoxy) is 1. The van der Waals surface area contributed by atoms with Gasteiger partial charge in [0.25, 0.3) is 0 Å². The molecule has 0 spiro atoms. The van der Waals surface area contributed by atoms with Crippen LogP contribution >= 0.6 is 0 Å². The van der Waals surface area contributed by atoms with E-state index in [2.05, 4.69) is 40.6 Å². The van der Waals surface area contributed by atoms with Crippen molar-refractivity contribution in [2.75, 3.05) is 26.7 Å². The molecule has 1 aliphatic heterocycles. The summed E-state index contributed by atoms with van der Waals surface area (Å²) in [5, 5.41) is 9.80. The lowest BCUT2D eigenvalue weighted by atomic mass is 10.0. The molecule has 0 aliphatic carbocycles. The van der Waals surface area contributed by atoms with Gasteiger partial charge in [0.2, 0.25) is 10.0 Å². The van der Waals surface area contributed by atoms with Crippen LogP contribution in [0.1, 0.15) is 45.2 Å². The highest BCUT2D eigenvalue weighted by atomic mass is 32.2. The minimum atomic E-state index is -3.87. The number of nitrogens with zero attached hydrogens (tertiary/aromatic N) is 4. The number of aromatic nitrogens is 2. The molecule has 8 nitrogen and oxygen atoms in total. The zero-order valence-corrected chi connectivity index (χ0v) is 22.0. The van der Waals surface area contributed by atoms with Gasteiger partial charge in [-0.1, -0.05) is 32.6 Å². The molecular weight excluding hydrogens is 464 g/mol. The van der Waals surface area contributed by atoms with E-state index in [9.17, 15) is 13.5 Å². The Bertz CT molecular complexity index is 1140. The number of hydrogen-bond acceptors (Lipinski definition) is 7. The zero-order chi connectivity index (χ0) is 25.6. The molecule has 1 aliphatic rings. The first-order valence-corrected chi connectivity index (χ1v) is 13.4. The van der Waals surface area contributed by atoms with Gasteiger partial charge in [0.05, 0.1) is 6.61 Å². The molecule has 2 aromatic rings. The topological polar surface area (TPSA) is 95.9 Å². The summed E-state index contributed by atoms with van der Waals surface area (Å²) in [5.74, 6) is 6.90. The van der Waals surface area contributed by atoms with Gasteiger partial charge < -0.3 is 9.84 Å². The lowest BCUT2D eigenvalue weighted by Crippen LogP contribution is -2.49. The monoisotopic (exact) mass is 500 g/mol. The fourth-order valence-corrected chi connectivity index (χ4v) is 5.80. The van der Waals surface area contributed by atoms with E-state index in [4.69, 9.17) is 4.74 Å². The number of aliphatic hydroxyl groups is 1. The standard InChI is InChI=1S/C26H36N4O4S/c1-19(2)7-6-8-22-9-10-26-24(11-22)34-25(16-29(5)15-23-12-27-18-28-13-23)20(3)14-30(21(4)17-31)35(26,32)33/h9-13,18-21,25,31H,7,14-17H2,1-5H3/t20-,21+,25+/m1/s1. The van der Waals surface area contributed by atoms with Crippen LogP contribution < -0.4 is 4.74 Å². The van der Waals surface area contributed by atoms with E-state index in [1.165, 1.54) is 10.6 Å². The van der Waals surface area contributed by atoms with E-state index in [1.807, 2.05) is 14.0 Å². The van der Waals surface area contributed by atoms with Crippen LogP contribution in [0.5, 0.6) is 5.75 Å². The average molecular weight is 501 g/mol. The molecule has 0 saturated carbocycles. The van der Waals surface area contributed by atoms with Crippen molar-refractivity contribution in [1.29, 1.82) is 0 Å². The second-order valence-corrected chi connectivity index (χ2v) is 11.6. The van der Waals surface area contributed by atoms with Gasteiger partial charge in [-0.3, -0.25) is 4.90 Å². The molecule has 3 atom stereocenters. The SMILES string of the molecule is CC(C)CC#Cc1ccc2c(c1)O[C@@H](CN(C)Cc1cncnc1)[C@H](C)CN([C@@H](C)CO)S2(=O)=O. The maximum Gasteiger partial charge on any atom is 0.247 e. The highest BCUT2D eigenvalue weighted by molar-refractivity contribution is 7.89. The number of aliphatic hydroxyl groups excluding tert-OH is 1. The molecule has 35 heavy (non-hydrogen) atoms. The molecule has 1 aromatic carbocycles. The van der Waals surface area contributed by atoms with E-state index in [-0.39, 0.29) is 30.1 Å². The highest BCUT2D eigenvalue weighted by Crippen LogP contribution is 2.34. The average Bonchev–Trinajstić information content (AvgIpc) is 2.81. The Morgan fingerprint density at radius 2 is 1.97 bits per heavy atom. The third-order valence-electron chi connectivity index (χ3n) is 5.97. The summed E-state index contributed by atoms with van der Waals surface area (Å²) in [7, 11) is -1.88. The van der Waals surface area contributed by atoms with Gasteiger partial charge in [-0.15, -0.1) is 0 Å². The second kappa shape index (κ2) is 12.0. The minimum Gasteiger partial charge on any atom is -0.487 e. The first kappa shape index (κ1) is 27.1. The molecule has 1 N–H and O–H groups in total. The molecular formula is C26H36N4O4S. The van der Waals surface area contributed by atoms with Crippen LogP contribution in [0.3, 0.4) is 0 Å². The zero-order valence-electron chi connectivity index (χ0n) is 21.2. The van der Waals surface area contributed by atoms with Crippen molar-refractivity contribution in [3.8, 4) is 17.6 Å². The summed E-state index contributed by atoms with van der Waals surface area (Å²) in [6, 6.07) is 4.45. The van der Waals surface area contributed by atoms with Crippen LogP contribution in [-0.4, -0.2) is 71.6 Å². The van der Waals surface area contributed by atoms with Crippen molar-refractivity contribution in [1.82, 2.24) is 19.2 Å². The number of rotatable bonds is 7. The molecule has 0 saturated heterocycles. The van der Waals surface area contributed by atoms with Crippen LogP contribution in [0.4, 0.5) is 0 Å². The molecule has 0 amide bonds. The van der Waals surface area contributed by atoms with Crippen molar-refractivity contribution >= 4 is 10.0 Å². The Labute approximate surface area is 209 Å². The van der Waals surface area contributed by atoms with Gasteiger partial charge in [-0.25, -0.2) is 18.4 Å². The van der Waals surface area contributed by atoms with Gasteiger partial charge in [0.15, 0.2) is 0 Å². The molecule has 1 aromatic heterocycles. The third kappa shape index (κ3) is 7.01. The van der Waals surface area contributed by atoms with Crippen molar-refractivity contribution in [3.63, 3.8) is 0 Å². The molecule has 0 bridgehead atoms. The summed E-state index contributed by atoms with van der Waals surface area (Å²) in [5.41, 5.74) is 1.69. The van der Waals surface area contributed by atoms with E-state index in [1.54, 1.807) is 37.5 Å². The number of benzene rings is 1. The van der Waals surface area contributed by atoms with Crippen molar-refractivity contribution < 1.29 is 18.3 Å². The maximum atomic E-state index is 13.6. The smallest absolute Gasteiger partial charge is 0.247 e. The van der Waals surface area contributed by atoms with Crippen LogP contribution in [0.15, 0.2) is 41.8 Å². The minimum absolute atomic E-state index is 0.100. The molecule has 0 fully saturated rings. The molecule has 2 heterocycles. The first-order valence-electron chi connectivity index (χ1n) is 12.0. The number of sulfonamides is 1. The largest absolute Gasteiger partial charge is 0.487 e. The summed E-state index contributed by atoms with van der Waals surface area (Å²) in [6.45, 7) is 9.09. The van der Waals surface area contributed by atoms with Crippen LogP contribution in [0.2, 0.25) is 0 Å². The van der Waals surface area contributed by atoms with Crippen LogP contribution in [0.25, 0.3) is 0 Å². The third-order valence-corrected chi connectivity index (χ3v) is 7.99. The summed E-state index contributed by atoms with van der Waals surface area (Å²) >= 11 is 0. The first-order chi connectivity index (χ1) is 16.6. The predicted molar refractivity (Wildman–Crippen MR) is 135 cm³/mol. The predicted octanol–water partition coefficient (Wildman–Crippen LogP) is 2.77. The molecule has 0 unspecified atom stereocenters. The lowest BCUT2D eigenvalue weighted by molar-refractivity contribution is 0.0733. The van der Waals surface area contributed by atoms with Gasteiger partial charge in [-0.2, -0.15) is 4.31 Å². The molecule has 9 heteroatoms. The number of likely N-dealkylation sites (N-methyl/N-ethyl adjacent to an activating group) is 1. The Morgan fingerprint density at radius 3 is 2.63 bits per heavy atom. The molecule has 0 radical (unpaired) electrons.